The molecule has 0 saturated carbocycles. The minimum atomic E-state index is -0.809. The molecule has 7 nitrogen and oxygen atoms in total. The van der Waals surface area contributed by atoms with Crippen LogP contribution in [0.4, 0.5) is 11.4 Å². The van der Waals surface area contributed by atoms with Crippen molar-refractivity contribution in [1.82, 2.24) is 0 Å². The van der Waals surface area contributed by atoms with Gasteiger partial charge in [-0.2, -0.15) is 0 Å². The van der Waals surface area contributed by atoms with Crippen LogP contribution in [0.3, 0.4) is 0 Å². The molecule has 1 saturated heterocycles. The van der Waals surface area contributed by atoms with Crippen molar-refractivity contribution in [3.8, 4) is 11.5 Å². The van der Waals surface area contributed by atoms with E-state index in [-0.39, 0.29) is 11.3 Å². The van der Waals surface area contributed by atoms with Crippen LogP contribution in [-0.4, -0.2) is 44.1 Å². The third kappa shape index (κ3) is 6.08. The van der Waals surface area contributed by atoms with Crippen LogP contribution in [0.5, 0.6) is 11.5 Å². The van der Waals surface area contributed by atoms with E-state index in [1.165, 1.54) is 4.90 Å². The number of nitrogens with zero attached hydrogens (tertiary/aromatic N) is 2. The summed E-state index contributed by atoms with van der Waals surface area (Å²) in [5.41, 5.74) is 2.69. The van der Waals surface area contributed by atoms with Gasteiger partial charge in [0.2, 0.25) is 0 Å². The fourth-order valence-electron chi connectivity index (χ4n) is 4.65. The number of carbonyl (C=O) groups is 2. The van der Waals surface area contributed by atoms with Crippen LogP contribution in [0.15, 0.2) is 78.4 Å². The van der Waals surface area contributed by atoms with Crippen molar-refractivity contribution in [3.63, 3.8) is 0 Å². The second-order valence-corrected chi connectivity index (χ2v) is 9.66. The lowest BCUT2D eigenvalue weighted by molar-refractivity contribution is -0.132. The molecule has 3 aromatic carbocycles. The largest absolute Gasteiger partial charge is 0.507 e. The molecule has 1 aliphatic rings. The third-order valence-corrected chi connectivity index (χ3v) is 6.74. The number of carbonyl (C=O) groups excluding carboxylic acids is 2. The van der Waals surface area contributed by atoms with E-state index in [9.17, 15) is 14.7 Å². The second kappa shape index (κ2) is 12.5. The first-order valence-electron chi connectivity index (χ1n) is 13.4. The molecule has 3 aromatic rings. The molecule has 0 aromatic heterocycles. The zero-order valence-electron chi connectivity index (χ0n) is 23.0. The number of hydrogen-bond donors (Lipinski definition) is 1. The lowest BCUT2D eigenvalue weighted by atomic mass is 9.95. The van der Waals surface area contributed by atoms with Gasteiger partial charge in [-0.15, -0.1) is 0 Å². The molecule has 1 atom stereocenters. The van der Waals surface area contributed by atoms with E-state index in [1.54, 1.807) is 36.4 Å². The van der Waals surface area contributed by atoms with Gasteiger partial charge in [0.25, 0.3) is 11.7 Å². The lowest BCUT2D eigenvalue weighted by Crippen LogP contribution is -2.29. The maximum Gasteiger partial charge on any atom is 0.300 e. The summed E-state index contributed by atoms with van der Waals surface area (Å²) in [6, 6.07) is 20.8. The molecule has 0 radical (unpaired) electrons. The van der Waals surface area contributed by atoms with E-state index >= 15 is 0 Å². The average Bonchev–Trinajstić information content (AvgIpc) is 3.21. The molecule has 1 amide bonds. The number of aliphatic hydroxyl groups excluding tert-OH is 1. The Morgan fingerprint density at radius 1 is 0.846 bits per heavy atom. The molecule has 0 aliphatic carbocycles. The molecule has 0 bridgehead atoms. The molecule has 4 rings (SSSR count). The molecule has 0 spiro atoms. The zero-order chi connectivity index (χ0) is 27.9. The highest BCUT2D eigenvalue weighted by Crippen LogP contribution is 2.43. The molecule has 1 unspecified atom stereocenters. The summed E-state index contributed by atoms with van der Waals surface area (Å²) >= 11 is 0. The van der Waals surface area contributed by atoms with Gasteiger partial charge in [0.15, 0.2) is 0 Å². The minimum absolute atomic E-state index is 0.0393. The van der Waals surface area contributed by atoms with Crippen molar-refractivity contribution >= 4 is 28.8 Å². The summed E-state index contributed by atoms with van der Waals surface area (Å²) < 4.78 is 11.4. The Bertz CT molecular complexity index is 1310. The number of rotatable bonds is 11. The highest BCUT2D eigenvalue weighted by molar-refractivity contribution is 6.51. The van der Waals surface area contributed by atoms with E-state index in [0.717, 1.165) is 24.9 Å². The monoisotopic (exact) mass is 528 g/mol. The number of benzene rings is 3. The lowest BCUT2D eigenvalue weighted by Gasteiger charge is -2.26. The predicted octanol–water partition coefficient (Wildman–Crippen LogP) is 6.35. The number of unbranched alkanes of at least 4 members (excludes halogenated alkanes) is 2. The number of ether oxygens (including phenoxy) is 2. The van der Waals surface area contributed by atoms with Crippen LogP contribution in [0.25, 0.3) is 5.76 Å². The maximum absolute atomic E-state index is 13.4. The van der Waals surface area contributed by atoms with Crippen LogP contribution in [0.1, 0.15) is 50.3 Å². The number of hydrogen-bond acceptors (Lipinski definition) is 6. The smallest absolute Gasteiger partial charge is 0.300 e. The van der Waals surface area contributed by atoms with Gasteiger partial charge in [0.1, 0.15) is 17.3 Å². The van der Waals surface area contributed by atoms with Gasteiger partial charge in [0, 0.05) is 31.0 Å². The summed E-state index contributed by atoms with van der Waals surface area (Å²) in [4.78, 5) is 30.3. The zero-order valence-corrected chi connectivity index (χ0v) is 23.0. The number of anilines is 2. The summed E-state index contributed by atoms with van der Waals surface area (Å²) in [5, 5.41) is 11.4. The van der Waals surface area contributed by atoms with Crippen LogP contribution >= 0.6 is 0 Å². The Labute approximate surface area is 230 Å². The average molecular weight is 529 g/mol. The van der Waals surface area contributed by atoms with Crippen molar-refractivity contribution in [2.24, 2.45) is 0 Å². The van der Waals surface area contributed by atoms with Crippen LogP contribution in [-0.2, 0) is 9.59 Å². The number of ketones is 1. The Morgan fingerprint density at radius 3 is 2.05 bits per heavy atom. The Balaban J connectivity index is 1.75. The van der Waals surface area contributed by atoms with Crippen molar-refractivity contribution in [2.75, 3.05) is 37.1 Å². The predicted molar refractivity (Wildman–Crippen MR) is 155 cm³/mol. The van der Waals surface area contributed by atoms with Crippen LogP contribution in [0, 0.1) is 0 Å². The van der Waals surface area contributed by atoms with Crippen LogP contribution in [0.2, 0.25) is 0 Å². The van der Waals surface area contributed by atoms with Gasteiger partial charge in [-0.1, -0.05) is 31.9 Å². The normalized spacial score (nSPS) is 16.4. The summed E-state index contributed by atoms with van der Waals surface area (Å²) in [7, 11) is 3.87. The van der Waals surface area contributed by atoms with Crippen molar-refractivity contribution in [2.45, 2.75) is 39.2 Å². The molecule has 1 N–H and O–H groups in total. The Hall–Kier alpha value is -4.26. The number of aliphatic hydroxyl groups is 1. The molecule has 1 heterocycles. The first-order valence-corrected chi connectivity index (χ1v) is 13.4. The Kier molecular flexibility index (Phi) is 8.92. The second-order valence-electron chi connectivity index (χ2n) is 9.66. The van der Waals surface area contributed by atoms with Gasteiger partial charge in [-0.3, -0.25) is 14.5 Å². The van der Waals surface area contributed by atoms with E-state index in [4.69, 9.17) is 9.47 Å². The van der Waals surface area contributed by atoms with Crippen LogP contribution < -0.4 is 19.3 Å². The summed E-state index contributed by atoms with van der Waals surface area (Å²) in [6.45, 7) is 5.19. The minimum Gasteiger partial charge on any atom is -0.507 e. The van der Waals surface area contributed by atoms with Gasteiger partial charge in [0.05, 0.1) is 24.8 Å². The van der Waals surface area contributed by atoms with Gasteiger partial charge in [-0.05, 0) is 79.6 Å². The quantitative estimate of drug-likeness (QED) is 0.135. The van der Waals surface area contributed by atoms with E-state index in [1.807, 2.05) is 62.3 Å². The SMILES string of the molecule is CCCCCOc1ccc(/C(O)=C2\C(=O)C(=O)N(c3ccc(N(C)C)cc3)C2c2ccc(OCC)cc2)cc1. The standard InChI is InChI=1S/C32H36N2O5/c1-5-7-8-21-39-27-19-11-23(12-20-27)30(35)28-29(22-9-17-26(18-10-22)38-6-2)34(32(37)31(28)36)25-15-13-24(14-16-25)33(3)4/h9-20,29,35H,5-8,21H2,1-4H3/b30-28+. The summed E-state index contributed by atoms with van der Waals surface area (Å²) in [5.74, 6) is -0.278. The van der Waals surface area contributed by atoms with E-state index < -0.39 is 17.7 Å². The molecule has 39 heavy (non-hydrogen) atoms. The van der Waals surface area contributed by atoms with E-state index in [2.05, 4.69) is 6.92 Å². The first-order chi connectivity index (χ1) is 18.8. The Morgan fingerprint density at radius 2 is 1.46 bits per heavy atom. The molecular weight excluding hydrogens is 492 g/mol. The first kappa shape index (κ1) is 27.8. The van der Waals surface area contributed by atoms with Gasteiger partial charge < -0.3 is 19.5 Å². The molecule has 1 aliphatic heterocycles. The van der Waals surface area contributed by atoms with Crippen molar-refractivity contribution in [1.29, 1.82) is 0 Å². The molecule has 204 valence electrons. The van der Waals surface area contributed by atoms with E-state index in [0.29, 0.717) is 41.5 Å². The van der Waals surface area contributed by atoms with Gasteiger partial charge >= 0.3 is 0 Å². The summed E-state index contributed by atoms with van der Waals surface area (Å²) in [6.07, 6.45) is 3.19. The molecule has 7 heteroatoms. The highest BCUT2D eigenvalue weighted by atomic mass is 16.5. The van der Waals surface area contributed by atoms with Crippen molar-refractivity contribution in [3.05, 3.63) is 89.5 Å². The molecular formula is C32H36N2O5. The fourth-order valence-corrected chi connectivity index (χ4v) is 4.65. The van der Waals surface area contributed by atoms with Crippen molar-refractivity contribution < 1.29 is 24.2 Å². The molecule has 1 fully saturated rings. The van der Waals surface area contributed by atoms with Gasteiger partial charge in [-0.25, -0.2) is 0 Å². The third-order valence-electron chi connectivity index (χ3n) is 6.74. The number of Topliss-reactive ketones (excluding diaryl/α,β-unsaturated/α-hetero) is 1. The topological polar surface area (TPSA) is 79.3 Å². The maximum atomic E-state index is 13.4. The fraction of sp³-hybridized carbons (Fsp3) is 0.312. The highest BCUT2D eigenvalue weighted by Gasteiger charge is 2.47. The number of amides is 1.